The van der Waals surface area contributed by atoms with Crippen molar-refractivity contribution in [3.8, 4) is 0 Å². The van der Waals surface area contributed by atoms with Gasteiger partial charge in [0.2, 0.25) is 5.91 Å². The van der Waals surface area contributed by atoms with Crippen LogP contribution in [0.2, 0.25) is 5.02 Å². The van der Waals surface area contributed by atoms with Gasteiger partial charge in [0.1, 0.15) is 4.70 Å². The molecule has 1 amide bonds. The summed E-state index contributed by atoms with van der Waals surface area (Å²) in [6.07, 6.45) is 0. The van der Waals surface area contributed by atoms with Gasteiger partial charge < -0.3 is 5.32 Å². The Bertz CT molecular complexity index is 1110. The smallest absolute Gasteiger partial charge is 0.271 e. The third kappa shape index (κ3) is 3.97. The lowest BCUT2D eigenvalue weighted by Crippen LogP contribution is -2.25. The van der Waals surface area contributed by atoms with E-state index in [0.717, 1.165) is 11.8 Å². The molecule has 27 heavy (non-hydrogen) atoms. The molecule has 0 aliphatic rings. The number of thiophene rings is 1. The van der Waals surface area contributed by atoms with E-state index in [4.69, 9.17) is 11.6 Å². The summed E-state index contributed by atoms with van der Waals surface area (Å²) in [6.45, 7) is 1.67. The molecule has 1 atom stereocenters. The van der Waals surface area contributed by atoms with Gasteiger partial charge in [-0.3, -0.25) is 24.3 Å². The van der Waals surface area contributed by atoms with Gasteiger partial charge in [-0.15, -0.1) is 11.3 Å². The predicted octanol–water partition coefficient (Wildman–Crippen LogP) is 3.68. The van der Waals surface area contributed by atoms with Crippen LogP contribution in [-0.4, -0.2) is 25.6 Å². The van der Waals surface area contributed by atoms with Gasteiger partial charge in [0.25, 0.3) is 11.2 Å². The molecule has 140 valence electrons. The molecule has 3 aromatic rings. The highest BCUT2D eigenvalue weighted by Crippen LogP contribution is 2.28. The number of halogens is 1. The number of carbonyl (C=O) groups is 1. The minimum atomic E-state index is -0.578. The molecular weight excluding hydrogens is 412 g/mol. The summed E-state index contributed by atoms with van der Waals surface area (Å²) in [5, 5.41) is 15.1. The van der Waals surface area contributed by atoms with Gasteiger partial charge in [0, 0.05) is 19.2 Å². The third-order valence-electron chi connectivity index (χ3n) is 3.72. The number of nitro benzene ring substituents is 1. The molecule has 0 saturated carbocycles. The number of aromatic nitrogens is 2. The fourth-order valence-electron chi connectivity index (χ4n) is 2.24. The lowest BCUT2D eigenvalue weighted by atomic mass is 10.2. The highest BCUT2D eigenvalue weighted by molar-refractivity contribution is 8.00. The zero-order valence-electron chi connectivity index (χ0n) is 14.1. The minimum Gasteiger partial charge on any atom is -0.324 e. The zero-order chi connectivity index (χ0) is 19.7. The Kier molecular flexibility index (Phi) is 5.49. The number of amides is 1. The number of thioether (sulfide) groups is 1. The van der Waals surface area contributed by atoms with E-state index in [1.807, 2.05) is 0 Å². The predicted molar refractivity (Wildman–Crippen MR) is 107 cm³/mol. The number of fused-ring (bicyclic) bond motifs is 1. The number of anilines is 1. The molecule has 0 bridgehead atoms. The zero-order valence-corrected chi connectivity index (χ0v) is 16.5. The van der Waals surface area contributed by atoms with Crippen LogP contribution in [0.3, 0.4) is 0 Å². The molecule has 2 heterocycles. The van der Waals surface area contributed by atoms with Crippen molar-refractivity contribution in [2.75, 3.05) is 5.32 Å². The highest BCUT2D eigenvalue weighted by atomic mass is 35.5. The molecule has 1 unspecified atom stereocenters. The SMILES string of the molecule is CC(Sc1nc2ccsc2c(=O)n1C)C(=O)Nc1ccc([N+](=O)[O-])cc1Cl. The Labute approximate surface area is 166 Å². The van der Waals surface area contributed by atoms with Crippen LogP contribution in [-0.2, 0) is 11.8 Å². The van der Waals surface area contributed by atoms with Crippen molar-refractivity contribution in [1.29, 1.82) is 0 Å². The Balaban J connectivity index is 1.78. The molecule has 1 aromatic carbocycles. The average molecular weight is 425 g/mol. The largest absolute Gasteiger partial charge is 0.324 e. The number of non-ortho nitro benzene ring substituents is 1. The van der Waals surface area contributed by atoms with Gasteiger partial charge in [-0.25, -0.2) is 4.98 Å². The molecule has 3 rings (SSSR count). The molecule has 0 aliphatic heterocycles. The summed E-state index contributed by atoms with van der Waals surface area (Å²) in [5.74, 6) is -0.365. The normalized spacial score (nSPS) is 12.1. The summed E-state index contributed by atoms with van der Waals surface area (Å²) in [6, 6.07) is 5.56. The van der Waals surface area contributed by atoms with E-state index in [9.17, 15) is 19.7 Å². The summed E-state index contributed by atoms with van der Waals surface area (Å²) in [5.41, 5.74) is 0.540. The van der Waals surface area contributed by atoms with Crippen LogP contribution in [0.25, 0.3) is 10.2 Å². The van der Waals surface area contributed by atoms with Crippen LogP contribution in [0, 0.1) is 10.1 Å². The molecule has 2 aromatic heterocycles. The van der Waals surface area contributed by atoms with Gasteiger partial charge in [-0.05, 0) is 24.4 Å². The first-order valence-electron chi connectivity index (χ1n) is 7.63. The van der Waals surface area contributed by atoms with Crippen molar-refractivity contribution < 1.29 is 9.72 Å². The lowest BCUT2D eigenvalue weighted by Gasteiger charge is -2.14. The van der Waals surface area contributed by atoms with E-state index in [1.165, 1.54) is 34.1 Å². The number of benzene rings is 1. The maximum atomic E-state index is 12.5. The molecule has 11 heteroatoms. The van der Waals surface area contributed by atoms with Gasteiger partial charge >= 0.3 is 0 Å². The van der Waals surface area contributed by atoms with Crippen LogP contribution < -0.4 is 10.9 Å². The van der Waals surface area contributed by atoms with Crippen molar-refractivity contribution in [3.63, 3.8) is 0 Å². The van der Waals surface area contributed by atoms with Crippen molar-refractivity contribution >= 4 is 62.2 Å². The topological polar surface area (TPSA) is 107 Å². The van der Waals surface area contributed by atoms with Gasteiger partial charge in [-0.1, -0.05) is 23.4 Å². The average Bonchev–Trinajstić information content (AvgIpc) is 3.09. The number of nitrogens with zero attached hydrogens (tertiary/aromatic N) is 3. The first kappa shape index (κ1) is 19.3. The molecule has 0 aliphatic carbocycles. The van der Waals surface area contributed by atoms with Crippen LogP contribution in [0.1, 0.15) is 6.92 Å². The monoisotopic (exact) mass is 424 g/mol. The Morgan fingerprint density at radius 3 is 2.85 bits per heavy atom. The van der Waals surface area contributed by atoms with Gasteiger partial charge in [0.05, 0.1) is 26.4 Å². The Morgan fingerprint density at radius 2 is 2.19 bits per heavy atom. The Hall–Kier alpha value is -2.43. The highest BCUT2D eigenvalue weighted by Gasteiger charge is 2.20. The van der Waals surface area contributed by atoms with E-state index in [2.05, 4.69) is 10.3 Å². The van der Waals surface area contributed by atoms with E-state index >= 15 is 0 Å². The quantitative estimate of drug-likeness (QED) is 0.290. The lowest BCUT2D eigenvalue weighted by molar-refractivity contribution is -0.384. The summed E-state index contributed by atoms with van der Waals surface area (Å²) in [4.78, 5) is 39.4. The maximum absolute atomic E-state index is 12.5. The standard InChI is InChI=1S/C16H13ClN4O4S2/c1-8(14(22)18-11-4-3-9(21(24)25)7-10(11)17)27-16-19-12-5-6-26-13(12)15(23)20(16)2/h3-8H,1-2H3,(H,18,22). The number of rotatable bonds is 5. The molecule has 0 fully saturated rings. The van der Waals surface area contributed by atoms with Crippen LogP contribution in [0.15, 0.2) is 39.6 Å². The number of nitro groups is 1. The van der Waals surface area contributed by atoms with E-state index in [-0.39, 0.29) is 27.9 Å². The second-order valence-electron chi connectivity index (χ2n) is 5.56. The number of hydrogen-bond donors (Lipinski definition) is 1. The molecule has 0 radical (unpaired) electrons. The fourth-order valence-corrected chi connectivity index (χ4v) is 4.14. The number of carbonyl (C=O) groups excluding carboxylic acids is 1. The van der Waals surface area contributed by atoms with Crippen molar-refractivity contribution in [1.82, 2.24) is 9.55 Å². The second kappa shape index (κ2) is 7.67. The van der Waals surface area contributed by atoms with Crippen molar-refractivity contribution in [2.24, 2.45) is 7.05 Å². The molecule has 1 N–H and O–H groups in total. The molecular formula is C16H13ClN4O4S2. The van der Waals surface area contributed by atoms with Crippen LogP contribution in [0.4, 0.5) is 11.4 Å². The summed E-state index contributed by atoms with van der Waals surface area (Å²) >= 11 is 8.46. The molecule has 0 saturated heterocycles. The van der Waals surface area contributed by atoms with Crippen LogP contribution >= 0.6 is 34.7 Å². The summed E-state index contributed by atoms with van der Waals surface area (Å²) < 4.78 is 1.98. The van der Waals surface area contributed by atoms with E-state index in [0.29, 0.717) is 15.4 Å². The minimum absolute atomic E-state index is 0.0694. The van der Waals surface area contributed by atoms with Crippen LogP contribution in [0.5, 0.6) is 0 Å². The first-order valence-corrected chi connectivity index (χ1v) is 9.77. The van der Waals surface area contributed by atoms with Crippen molar-refractivity contribution in [2.45, 2.75) is 17.3 Å². The first-order chi connectivity index (χ1) is 12.8. The van der Waals surface area contributed by atoms with E-state index in [1.54, 1.807) is 25.4 Å². The number of hydrogen-bond acceptors (Lipinski definition) is 7. The second-order valence-corrected chi connectivity index (χ2v) is 8.20. The summed E-state index contributed by atoms with van der Waals surface area (Å²) in [7, 11) is 1.61. The molecule has 0 spiro atoms. The van der Waals surface area contributed by atoms with E-state index < -0.39 is 10.2 Å². The molecule has 8 nitrogen and oxygen atoms in total. The van der Waals surface area contributed by atoms with Crippen molar-refractivity contribution in [3.05, 3.63) is 55.1 Å². The van der Waals surface area contributed by atoms with Gasteiger partial charge in [0.15, 0.2) is 5.16 Å². The fraction of sp³-hybridized carbons (Fsp3) is 0.188. The third-order valence-corrected chi connectivity index (χ3v) is 6.07. The maximum Gasteiger partial charge on any atom is 0.271 e. The van der Waals surface area contributed by atoms with Gasteiger partial charge in [-0.2, -0.15) is 0 Å². The number of nitrogens with one attached hydrogen (secondary N) is 1. The Morgan fingerprint density at radius 1 is 1.44 bits per heavy atom.